The van der Waals surface area contributed by atoms with Crippen LogP contribution in [0.3, 0.4) is 0 Å². The van der Waals surface area contributed by atoms with Gasteiger partial charge >= 0.3 is 0 Å². The van der Waals surface area contributed by atoms with Gasteiger partial charge in [-0.3, -0.25) is 0 Å². The number of nitrogens with one attached hydrogen (secondary N) is 1. The molecule has 0 radical (unpaired) electrons. The smallest absolute Gasteiger partial charge is 0.147 e. The highest BCUT2D eigenvalue weighted by molar-refractivity contribution is 6.32. The average molecular weight is 296 g/mol. The first-order valence-electron chi connectivity index (χ1n) is 7.42. The number of hydrogen-bond donors (Lipinski definition) is 2. The van der Waals surface area contributed by atoms with E-state index in [1.54, 1.807) is 6.20 Å². The molecule has 0 bridgehead atoms. The number of rotatable bonds is 2. The van der Waals surface area contributed by atoms with E-state index >= 15 is 0 Å². The van der Waals surface area contributed by atoms with Crippen LogP contribution in [-0.4, -0.2) is 42.9 Å². The highest BCUT2D eigenvalue weighted by atomic mass is 35.5. The lowest BCUT2D eigenvalue weighted by Crippen LogP contribution is -2.52. The molecule has 4 nitrogen and oxygen atoms in total. The van der Waals surface area contributed by atoms with E-state index in [0.29, 0.717) is 11.3 Å². The Morgan fingerprint density at radius 2 is 2.20 bits per heavy atom. The maximum atomic E-state index is 9.65. The predicted molar refractivity (Wildman–Crippen MR) is 81.2 cm³/mol. The summed E-state index contributed by atoms with van der Waals surface area (Å²) in [4.78, 5) is 6.69. The van der Waals surface area contributed by atoms with E-state index < -0.39 is 0 Å². The fourth-order valence-electron chi connectivity index (χ4n) is 3.72. The van der Waals surface area contributed by atoms with E-state index in [0.717, 1.165) is 49.9 Å². The van der Waals surface area contributed by atoms with E-state index in [-0.39, 0.29) is 6.61 Å². The van der Waals surface area contributed by atoms with Crippen molar-refractivity contribution in [3.63, 3.8) is 0 Å². The Labute approximate surface area is 125 Å². The molecule has 1 aromatic heterocycles. The summed E-state index contributed by atoms with van der Waals surface area (Å²) in [7, 11) is 0. The SMILES string of the molecule is OC[C@@H]1CNCCC12CCN(c1ncccc1Cl)CC2. The molecule has 2 saturated heterocycles. The van der Waals surface area contributed by atoms with Crippen LogP contribution in [0.5, 0.6) is 0 Å². The Kier molecular flexibility index (Phi) is 4.15. The van der Waals surface area contributed by atoms with Crippen LogP contribution in [0.1, 0.15) is 19.3 Å². The van der Waals surface area contributed by atoms with Crippen LogP contribution in [0, 0.1) is 11.3 Å². The summed E-state index contributed by atoms with van der Waals surface area (Å²) in [5, 5.41) is 13.8. The molecular formula is C15H22ClN3O. The fourth-order valence-corrected chi connectivity index (χ4v) is 3.97. The standard InChI is InChI=1S/C15H22ClN3O/c16-13-2-1-6-18-14(13)19-8-4-15(5-9-19)3-7-17-10-12(15)11-20/h1-2,6,12,17,20H,3-5,7-11H2/t12-/m0/s1. The summed E-state index contributed by atoms with van der Waals surface area (Å²) in [5.74, 6) is 1.29. The van der Waals surface area contributed by atoms with Gasteiger partial charge in [-0.1, -0.05) is 11.6 Å². The molecule has 2 N–H and O–H groups in total. The number of nitrogens with zero attached hydrogens (tertiary/aromatic N) is 2. The van der Waals surface area contributed by atoms with Gasteiger partial charge < -0.3 is 15.3 Å². The summed E-state index contributed by atoms with van der Waals surface area (Å²) in [6.07, 6.45) is 5.20. The zero-order valence-corrected chi connectivity index (χ0v) is 12.4. The van der Waals surface area contributed by atoms with Gasteiger partial charge in [-0.05, 0) is 43.4 Å². The van der Waals surface area contributed by atoms with Crippen molar-refractivity contribution in [3.8, 4) is 0 Å². The number of hydrogen-bond acceptors (Lipinski definition) is 4. The fraction of sp³-hybridized carbons (Fsp3) is 0.667. The van der Waals surface area contributed by atoms with Gasteiger partial charge in [0, 0.05) is 38.4 Å². The van der Waals surface area contributed by atoms with E-state index in [9.17, 15) is 5.11 Å². The lowest BCUT2D eigenvalue weighted by Gasteiger charge is -2.49. The van der Waals surface area contributed by atoms with Crippen molar-refractivity contribution in [2.45, 2.75) is 19.3 Å². The minimum atomic E-state index is 0.289. The second kappa shape index (κ2) is 5.88. The van der Waals surface area contributed by atoms with Crippen molar-refractivity contribution in [3.05, 3.63) is 23.4 Å². The maximum absolute atomic E-state index is 9.65. The Hall–Kier alpha value is -0.840. The molecule has 1 atom stereocenters. The van der Waals surface area contributed by atoms with Crippen molar-refractivity contribution in [1.29, 1.82) is 0 Å². The van der Waals surface area contributed by atoms with Crippen molar-refractivity contribution in [2.75, 3.05) is 37.7 Å². The summed E-state index contributed by atoms with van der Waals surface area (Å²) < 4.78 is 0. The molecule has 2 aliphatic heterocycles. The number of aliphatic hydroxyl groups is 1. The summed E-state index contributed by atoms with van der Waals surface area (Å²) >= 11 is 6.24. The molecule has 1 spiro atoms. The molecule has 0 aliphatic carbocycles. The molecule has 0 amide bonds. The maximum Gasteiger partial charge on any atom is 0.147 e. The Morgan fingerprint density at radius 1 is 1.40 bits per heavy atom. The Bertz CT molecular complexity index is 460. The van der Waals surface area contributed by atoms with Gasteiger partial charge in [0.15, 0.2) is 0 Å². The van der Waals surface area contributed by atoms with Crippen LogP contribution in [0.4, 0.5) is 5.82 Å². The van der Waals surface area contributed by atoms with Gasteiger partial charge in [-0.2, -0.15) is 0 Å². The second-order valence-electron chi connectivity index (χ2n) is 5.99. The molecule has 0 saturated carbocycles. The van der Waals surface area contributed by atoms with Crippen molar-refractivity contribution in [1.82, 2.24) is 10.3 Å². The number of aromatic nitrogens is 1. The van der Waals surface area contributed by atoms with Gasteiger partial charge in [0.25, 0.3) is 0 Å². The van der Waals surface area contributed by atoms with Gasteiger partial charge in [-0.15, -0.1) is 0 Å². The second-order valence-corrected chi connectivity index (χ2v) is 6.40. The normalized spacial score (nSPS) is 25.9. The van der Waals surface area contributed by atoms with Crippen LogP contribution in [0.25, 0.3) is 0 Å². The third-order valence-electron chi connectivity index (χ3n) is 5.07. The molecule has 110 valence electrons. The number of aliphatic hydroxyl groups excluding tert-OH is 1. The van der Waals surface area contributed by atoms with Crippen LogP contribution in [0.15, 0.2) is 18.3 Å². The van der Waals surface area contributed by atoms with Gasteiger partial charge in [0.1, 0.15) is 5.82 Å². The van der Waals surface area contributed by atoms with Crippen molar-refractivity contribution < 1.29 is 5.11 Å². The first-order valence-corrected chi connectivity index (χ1v) is 7.80. The van der Waals surface area contributed by atoms with E-state index in [1.807, 2.05) is 12.1 Å². The zero-order chi connectivity index (χ0) is 14.0. The van der Waals surface area contributed by atoms with E-state index in [1.165, 1.54) is 6.42 Å². The minimum absolute atomic E-state index is 0.289. The van der Waals surface area contributed by atoms with Gasteiger partial charge in [-0.25, -0.2) is 4.98 Å². The van der Waals surface area contributed by atoms with Gasteiger partial charge in [0.05, 0.1) is 5.02 Å². The molecule has 0 unspecified atom stereocenters. The molecule has 2 aliphatic rings. The minimum Gasteiger partial charge on any atom is -0.396 e. The predicted octanol–water partition coefficient (Wildman–Crippen LogP) is 1.92. The molecular weight excluding hydrogens is 274 g/mol. The number of halogens is 1. The summed E-state index contributed by atoms with van der Waals surface area (Å²) in [6, 6.07) is 3.77. The highest BCUT2D eigenvalue weighted by Crippen LogP contribution is 2.44. The topological polar surface area (TPSA) is 48.4 Å². The molecule has 0 aromatic carbocycles. The van der Waals surface area contributed by atoms with Crippen LogP contribution in [-0.2, 0) is 0 Å². The summed E-state index contributed by atoms with van der Waals surface area (Å²) in [5.41, 5.74) is 0.303. The number of anilines is 1. The van der Waals surface area contributed by atoms with Crippen molar-refractivity contribution in [2.24, 2.45) is 11.3 Å². The Morgan fingerprint density at radius 3 is 2.90 bits per heavy atom. The third-order valence-corrected chi connectivity index (χ3v) is 5.37. The highest BCUT2D eigenvalue weighted by Gasteiger charge is 2.42. The molecule has 1 aromatic rings. The Balaban J connectivity index is 1.71. The van der Waals surface area contributed by atoms with Gasteiger partial charge in [0.2, 0.25) is 0 Å². The van der Waals surface area contributed by atoms with E-state index in [4.69, 9.17) is 11.6 Å². The molecule has 3 rings (SSSR count). The lowest BCUT2D eigenvalue weighted by atomic mass is 9.65. The van der Waals surface area contributed by atoms with Crippen LogP contribution < -0.4 is 10.2 Å². The largest absolute Gasteiger partial charge is 0.396 e. The number of piperidine rings is 2. The third kappa shape index (κ3) is 2.52. The monoisotopic (exact) mass is 295 g/mol. The van der Waals surface area contributed by atoms with E-state index in [2.05, 4.69) is 15.2 Å². The van der Waals surface area contributed by atoms with Crippen molar-refractivity contribution >= 4 is 17.4 Å². The van der Waals surface area contributed by atoms with Crippen LogP contribution >= 0.6 is 11.6 Å². The lowest BCUT2D eigenvalue weighted by molar-refractivity contribution is 0.0326. The molecule has 5 heteroatoms. The molecule has 2 fully saturated rings. The molecule has 3 heterocycles. The average Bonchev–Trinajstić information content (AvgIpc) is 2.49. The first kappa shape index (κ1) is 14.1. The number of pyridine rings is 1. The molecule has 20 heavy (non-hydrogen) atoms. The first-order chi connectivity index (χ1) is 9.75. The quantitative estimate of drug-likeness (QED) is 0.875. The van der Waals surface area contributed by atoms with Crippen LogP contribution in [0.2, 0.25) is 5.02 Å². The zero-order valence-electron chi connectivity index (χ0n) is 11.7. The summed E-state index contributed by atoms with van der Waals surface area (Å²) in [6.45, 7) is 4.26.